The highest BCUT2D eigenvalue weighted by Crippen LogP contribution is 2.25. The van der Waals surface area contributed by atoms with Gasteiger partial charge in [0.2, 0.25) is 0 Å². The highest BCUT2D eigenvalue weighted by molar-refractivity contribution is 5.37. The number of anilines is 1. The van der Waals surface area contributed by atoms with Gasteiger partial charge in [-0.3, -0.25) is 0 Å². The summed E-state index contributed by atoms with van der Waals surface area (Å²) < 4.78 is 0. The Hall–Kier alpha value is -1.09. The lowest BCUT2D eigenvalue weighted by Gasteiger charge is -2.13. The minimum atomic E-state index is 0.439. The average molecular weight is 219 g/mol. The van der Waals surface area contributed by atoms with Gasteiger partial charge in [-0.1, -0.05) is 6.07 Å². The fraction of sp³-hybridized carbons (Fsp3) is 0.615. The van der Waals surface area contributed by atoms with Crippen LogP contribution in [0.15, 0.2) is 18.2 Å². The molecule has 0 radical (unpaired) electrons. The summed E-state index contributed by atoms with van der Waals surface area (Å²) in [5.74, 6) is 1.61. The molecule has 1 aromatic heterocycles. The van der Waals surface area contributed by atoms with Crippen LogP contribution in [0.4, 0.5) is 5.82 Å². The number of likely N-dealkylation sites (tertiary alicyclic amines) is 1. The van der Waals surface area contributed by atoms with Gasteiger partial charge < -0.3 is 10.2 Å². The fourth-order valence-corrected chi connectivity index (χ4v) is 2.23. The molecule has 2 heterocycles. The third-order valence-electron chi connectivity index (χ3n) is 3.02. The van der Waals surface area contributed by atoms with E-state index < -0.39 is 0 Å². The zero-order chi connectivity index (χ0) is 11.5. The van der Waals surface area contributed by atoms with Crippen LogP contribution in [0, 0.1) is 0 Å². The third kappa shape index (κ3) is 2.73. The first-order valence-corrected chi connectivity index (χ1v) is 6.07. The second-order valence-corrected chi connectivity index (χ2v) is 4.99. The third-order valence-corrected chi connectivity index (χ3v) is 3.02. The first-order chi connectivity index (χ1) is 7.65. The largest absolute Gasteiger partial charge is 0.368 e. The van der Waals surface area contributed by atoms with Crippen molar-refractivity contribution in [2.24, 2.45) is 0 Å². The van der Waals surface area contributed by atoms with E-state index in [0.29, 0.717) is 12.0 Å². The van der Waals surface area contributed by atoms with Gasteiger partial charge in [0, 0.05) is 24.2 Å². The fourth-order valence-electron chi connectivity index (χ4n) is 2.23. The van der Waals surface area contributed by atoms with Gasteiger partial charge >= 0.3 is 0 Å². The molecule has 1 saturated heterocycles. The van der Waals surface area contributed by atoms with Crippen molar-refractivity contribution < 1.29 is 0 Å². The number of hydrogen-bond donors (Lipinski definition) is 1. The van der Waals surface area contributed by atoms with Crippen molar-refractivity contribution >= 4 is 5.82 Å². The van der Waals surface area contributed by atoms with Gasteiger partial charge in [-0.05, 0) is 46.0 Å². The maximum absolute atomic E-state index is 4.69. The monoisotopic (exact) mass is 219 g/mol. The summed E-state index contributed by atoms with van der Waals surface area (Å²) in [5, 5.41) is 3.36. The molecule has 0 bridgehead atoms. The van der Waals surface area contributed by atoms with Crippen LogP contribution in [-0.4, -0.2) is 36.1 Å². The lowest BCUT2D eigenvalue weighted by atomic mass is 10.0. The van der Waals surface area contributed by atoms with Gasteiger partial charge in [0.1, 0.15) is 5.82 Å². The molecule has 1 aliphatic heterocycles. The lowest BCUT2D eigenvalue weighted by molar-refractivity contribution is 0.411. The minimum absolute atomic E-state index is 0.439. The SMILES string of the molecule is CC(C)Nc1cccc(C2CCN(C)C2)n1. The van der Waals surface area contributed by atoms with Crippen molar-refractivity contribution in [2.45, 2.75) is 32.2 Å². The summed E-state index contributed by atoms with van der Waals surface area (Å²) in [6.45, 7) is 6.60. The molecular formula is C13H21N3. The van der Waals surface area contributed by atoms with Gasteiger partial charge in [0.25, 0.3) is 0 Å². The molecule has 0 aromatic carbocycles. The Balaban J connectivity index is 2.09. The summed E-state index contributed by atoms with van der Waals surface area (Å²) in [6, 6.07) is 6.73. The van der Waals surface area contributed by atoms with Crippen LogP contribution in [0.5, 0.6) is 0 Å². The molecule has 0 amide bonds. The molecule has 1 aliphatic rings. The molecule has 1 aromatic rings. The molecule has 88 valence electrons. The van der Waals surface area contributed by atoms with Crippen LogP contribution >= 0.6 is 0 Å². The van der Waals surface area contributed by atoms with Crippen LogP contribution in [0.2, 0.25) is 0 Å². The Kier molecular flexibility index (Phi) is 3.44. The summed E-state index contributed by atoms with van der Waals surface area (Å²) in [5.41, 5.74) is 1.23. The zero-order valence-electron chi connectivity index (χ0n) is 10.4. The van der Waals surface area contributed by atoms with E-state index >= 15 is 0 Å². The quantitative estimate of drug-likeness (QED) is 0.845. The van der Waals surface area contributed by atoms with E-state index in [0.717, 1.165) is 12.4 Å². The van der Waals surface area contributed by atoms with Crippen molar-refractivity contribution in [2.75, 3.05) is 25.5 Å². The van der Waals surface area contributed by atoms with E-state index in [-0.39, 0.29) is 0 Å². The summed E-state index contributed by atoms with van der Waals surface area (Å²) in [7, 11) is 2.18. The summed E-state index contributed by atoms with van der Waals surface area (Å²) in [6.07, 6.45) is 1.23. The van der Waals surface area contributed by atoms with Gasteiger partial charge in [0.05, 0.1) is 0 Å². The molecule has 0 saturated carbocycles. The van der Waals surface area contributed by atoms with Crippen LogP contribution in [-0.2, 0) is 0 Å². The first kappa shape index (κ1) is 11.4. The molecule has 0 spiro atoms. The number of nitrogens with one attached hydrogen (secondary N) is 1. The van der Waals surface area contributed by atoms with Crippen molar-refractivity contribution in [3.63, 3.8) is 0 Å². The Bertz CT molecular complexity index is 349. The molecule has 3 nitrogen and oxygen atoms in total. The van der Waals surface area contributed by atoms with Crippen molar-refractivity contribution in [1.82, 2.24) is 9.88 Å². The Morgan fingerprint density at radius 2 is 2.25 bits per heavy atom. The molecule has 1 atom stereocenters. The normalized spacial score (nSPS) is 21.6. The predicted octanol–water partition coefficient (Wildman–Crippen LogP) is 2.32. The van der Waals surface area contributed by atoms with E-state index in [1.165, 1.54) is 18.7 Å². The van der Waals surface area contributed by atoms with Crippen LogP contribution in [0.25, 0.3) is 0 Å². The molecule has 1 unspecified atom stereocenters. The predicted molar refractivity (Wildman–Crippen MR) is 67.9 cm³/mol. The van der Waals surface area contributed by atoms with E-state index in [1.54, 1.807) is 0 Å². The Morgan fingerprint density at radius 3 is 2.88 bits per heavy atom. The molecule has 0 aliphatic carbocycles. The van der Waals surface area contributed by atoms with E-state index in [4.69, 9.17) is 4.98 Å². The van der Waals surface area contributed by atoms with E-state index in [1.807, 2.05) is 6.07 Å². The van der Waals surface area contributed by atoms with Crippen LogP contribution in [0.1, 0.15) is 31.9 Å². The molecule has 2 rings (SSSR count). The number of aromatic nitrogens is 1. The molecule has 1 N–H and O–H groups in total. The van der Waals surface area contributed by atoms with Crippen molar-refractivity contribution in [3.8, 4) is 0 Å². The average Bonchev–Trinajstić information content (AvgIpc) is 2.64. The molecule has 3 heteroatoms. The number of hydrogen-bond acceptors (Lipinski definition) is 3. The maximum atomic E-state index is 4.69. The molecule has 16 heavy (non-hydrogen) atoms. The highest BCUT2D eigenvalue weighted by atomic mass is 15.1. The molecular weight excluding hydrogens is 198 g/mol. The zero-order valence-corrected chi connectivity index (χ0v) is 10.4. The van der Waals surface area contributed by atoms with Crippen molar-refractivity contribution in [1.29, 1.82) is 0 Å². The second kappa shape index (κ2) is 4.83. The first-order valence-electron chi connectivity index (χ1n) is 6.07. The van der Waals surface area contributed by atoms with Gasteiger partial charge in [0.15, 0.2) is 0 Å². The van der Waals surface area contributed by atoms with E-state index in [9.17, 15) is 0 Å². The summed E-state index contributed by atoms with van der Waals surface area (Å²) >= 11 is 0. The second-order valence-electron chi connectivity index (χ2n) is 4.99. The van der Waals surface area contributed by atoms with Crippen molar-refractivity contribution in [3.05, 3.63) is 23.9 Å². The smallest absolute Gasteiger partial charge is 0.126 e. The highest BCUT2D eigenvalue weighted by Gasteiger charge is 2.22. The van der Waals surface area contributed by atoms with Gasteiger partial charge in [-0.2, -0.15) is 0 Å². The lowest BCUT2D eigenvalue weighted by Crippen LogP contribution is -2.15. The van der Waals surface area contributed by atoms with Gasteiger partial charge in [-0.15, -0.1) is 0 Å². The van der Waals surface area contributed by atoms with Gasteiger partial charge in [-0.25, -0.2) is 4.98 Å². The summed E-state index contributed by atoms with van der Waals surface area (Å²) in [4.78, 5) is 7.06. The minimum Gasteiger partial charge on any atom is -0.368 e. The van der Waals surface area contributed by atoms with Crippen LogP contribution in [0.3, 0.4) is 0 Å². The van der Waals surface area contributed by atoms with E-state index in [2.05, 4.69) is 43.2 Å². The van der Waals surface area contributed by atoms with Crippen LogP contribution < -0.4 is 5.32 Å². The topological polar surface area (TPSA) is 28.2 Å². The number of rotatable bonds is 3. The maximum Gasteiger partial charge on any atom is 0.126 e. The number of likely N-dealkylation sites (N-methyl/N-ethyl adjacent to an activating group) is 1. The number of nitrogens with zero attached hydrogens (tertiary/aromatic N) is 2. The Labute approximate surface area is 97.9 Å². The standard InChI is InChI=1S/C13H21N3/c1-10(2)14-13-6-4-5-12(15-13)11-7-8-16(3)9-11/h4-6,10-11H,7-9H2,1-3H3,(H,14,15). The number of pyridine rings is 1. The Morgan fingerprint density at radius 1 is 1.44 bits per heavy atom. The molecule has 1 fully saturated rings.